The van der Waals surface area contributed by atoms with Crippen LogP contribution < -0.4 is 14.2 Å². The molecule has 0 bridgehead atoms. The second kappa shape index (κ2) is 13.3. The Bertz CT molecular complexity index is 1050. The number of aromatic hydroxyl groups is 2. The molecule has 1 aliphatic rings. The van der Waals surface area contributed by atoms with Crippen molar-refractivity contribution in [2.75, 3.05) is 27.4 Å². The molecule has 12 heteroatoms. The lowest BCUT2D eigenvalue weighted by atomic mass is 10.00. The molecular weight excluding hydrogens is 504 g/mol. The van der Waals surface area contributed by atoms with Crippen molar-refractivity contribution >= 4 is 0 Å². The molecular formula is C26H36O12. The highest BCUT2D eigenvalue weighted by Gasteiger charge is 2.42. The molecule has 0 amide bonds. The number of aliphatic hydroxyl groups is 5. The van der Waals surface area contributed by atoms with Crippen molar-refractivity contribution in [1.82, 2.24) is 0 Å². The van der Waals surface area contributed by atoms with Crippen molar-refractivity contribution < 1.29 is 59.4 Å². The Morgan fingerprint density at radius 1 is 0.921 bits per heavy atom. The third-order valence-corrected chi connectivity index (χ3v) is 6.36. The van der Waals surface area contributed by atoms with Crippen molar-refractivity contribution in [1.29, 1.82) is 0 Å². The van der Waals surface area contributed by atoms with E-state index in [1.54, 1.807) is 13.0 Å². The number of benzene rings is 2. The van der Waals surface area contributed by atoms with Crippen LogP contribution in [0.3, 0.4) is 0 Å². The molecule has 0 radical (unpaired) electrons. The molecule has 3 rings (SSSR count). The van der Waals surface area contributed by atoms with Crippen LogP contribution in [0.1, 0.15) is 30.6 Å². The molecule has 0 aliphatic carbocycles. The third-order valence-electron chi connectivity index (χ3n) is 6.36. The summed E-state index contributed by atoms with van der Waals surface area (Å²) in [4.78, 5) is 0. The second-order valence-electron chi connectivity index (χ2n) is 9.02. The number of aryl methyl sites for hydroxylation is 1. The summed E-state index contributed by atoms with van der Waals surface area (Å²) in [5, 5.41) is 70.7. The van der Waals surface area contributed by atoms with Crippen molar-refractivity contribution in [2.24, 2.45) is 0 Å². The molecule has 38 heavy (non-hydrogen) atoms. The predicted octanol–water partition coefficient (Wildman–Crippen LogP) is 0.365. The van der Waals surface area contributed by atoms with E-state index >= 15 is 0 Å². The number of aliphatic hydroxyl groups excluding tert-OH is 5. The van der Waals surface area contributed by atoms with Gasteiger partial charge in [0.05, 0.1) is 33.5 Å². The predicted molar refractivity (Wildman–Crippen MR) is 132 cm³/mol. The number of methoxy groups -OCH3 is 2. The Morgan fingerprint density at radius 2 is 1.63 bits per heavy atom. The fraction of sp³-hybridized carbons (Fsp3) is 0.538. The SMILES string of the molecule is COc1cc([C@@H](O)[C@@H](CO)Oc2c(O)cc(CCCO[C@@H]3O[C@@H](C)[C@H](O)[C@@H](O)[C@H]3O)cc2OC)ccc1O. The maximum absolute atomic E-state index is 10.8. The van der Waals surface area contributed by atoms with E-state index in [1.807, 2.05) is 0 Å². The van der Waals surface area contributed by atoms with Gasteiger partial charge in [0.25, 0.3) is 0 Å². The Labute approximate surface area is 220 Å². The number of rotatable bonds is 12. The summed E-state index contributed by atoms with van der Waals surface area (Å²) in [6.45, 7) is 1.13. The second-order valence-corrected chi connectivity index (χ2v) is 9.02. The van der Waals surface area contributed by atoms with Gasteiger partial charge in [-0.2, -0.15) is 0 Å². The smallest absolute Gasteiger partial charge is 0.203 e. The minimum absolute atomic E-state index is 0.0726. The zero-order valence-electron chi connectivity index (χ0n) is 21.4. The average molecular weight is 541 g/mol. The highest BCUT2D eigenvalue weighted by Crippen LogP contribution is 2.40. The van der Waals surface area contributed by atoms with Crippen LogP contribution in [0.2, 0.25) is 0 Å². The number of phenolic OH excluding ortho intramolecular Hbond substituents is 2. The highest BCUT2D eigenvalue weighted by molar-refractivity contribution is 5.53. The van der Waals surface area contributed by atoms with E-state index in [9.17, 15) is 35.7 Å². The van der Waals surface area contributed by atoms with E-state index in [-0.39, 0.29) is 35.4 Å². The van der Waals surface area contributed by atoms with Crippen LogP contribution in [0, 0.1) is 0 Å². The lowest BCUT2D eigenvalue weighted by molar-refractivity contribution is -0.293. The van der Waals surface area contributed by atoms with Gasteiger partial charge in [0, 0.05) is 0 Å². The molecule has 1 heterocycles. The minimum atomic E-state index is -1.39. The van der Waals surface area contributed by atoms with Crippen molar-refractivity contribution in [3.63, 3.8) is 0 Å². The first-order chi connectivity index (χ1) is 18.1. The van der Waals surface area contributed by atoms with Gasteiger partial charge >= 0.3 is 0 Å². The molecule has 1 fully saturated rings. The summed E-state index contributed by atoms with van der Waals surface area (Å²) >= 11 is 0. The number of hydrogen-bond donors (Lipinski definition) is 7. The minimum Gasteiger partial charge on any atom is -0.504 e. The quantitative estimate of drug-likeness (QED) is 0.184. The standard InChI is InChI=1S/C26H36O12/c1-13-21(30)23(32)24(33)26(37-13)36-8-4-5-14-9-17(29)25(19(10-14)35-3)38-20(12-27)22(31)15-6-7-16(28)18(11-15)34-2/h6-7,9-11,13,20-24,26-33H,4-5,8,12H2,1-3H3/t13-,20+,21-,22+,23+,24+,26+/m0/s1. The number of phenols is 2. The molecule has 7 N–H and O–H groups in total. The van der Waals surface area contributed by atoms with Crippen LogP contribution in [0.15, 0.2) is 30.3 Å². The molecule has 7 atom stereocenters. The Balaban J connectivity index is 1.63. The maximum Gasteiger partial charge on any atom is 0.203 e. The molecule has 12 nitrogen and oxygen atoms in total. The third kappa shape index (κ3) is 6.77. The van der Waals surface area contributed by atoms with E-state index in [0.717, 1.165) is 0 Å². The van der Waals surface area contributed by atoms with Gasteiger partial charge < -0.3 is 59.4 Å². The number of hydrogen-bond acceptors (Lipinski definition) is 12. The maximum atomic E-state index is 10.8. The monoisotopic (exact) mass is 540 g/mol. The average Bonchev–Trinajstić information content (AvgIpc) is 2.91. The fourth-order valence-electron chi connectivity index (χ4n) is 4.13. The molecule has 1 aliphatic heterocycles. The van der Waals surface area contributed by atoms with Gasteiger partial charge in [-0.15, -0.1) is 0 Å². The molecule has 212 valence electrons. The van der Waals surface area contributed by atoms with Gasteiger partial charge in [0.2, 0.25) is 5.75 Å². The van der Waals surface area contributed by atoms with Crippen molar-refractivity contribution in [2.45, 2.75) is 62.7 Å². The van der Waals surface area contributed by atoms with Crippen molar-refractivity contribution in [3.05, 3.63) is 41.5 Å². The van der Waals surface area contributed by atoms with E-state index in [0.29, 0.717) is 24.0 Å². The Hall–Kier alpha value is -2.84. The van der Waals surface area contributed by atoms with Gasteiger partial charge in [0.1, 0.15) is 24.4 Å². The van der Waals surface area contributed by atoms with Gasteiger partial charge in [-0.05, 0) is 55.2 Å². The molecule has 0 saturated carbocycles. The molecule has 0 aromatic heterocycles. The number of ether oxygens (including phenoxy) is 5. The lowest BCUT2D eigenvalue weighted by Crippen LogP contribution is -2.57. The summed E-state index contributed by atoms with van der Waals surface area (Å²) in [6.07, 6.45) is -7.37. The van der Waals surface area contributed by atoms with Crippen LogP contribution in [0.4, 0.5) is 0 Å². The van der Waals surface area contributed by atoms with Gasteiger partial charge in [-0.25, -0.2) is 0 Å². The first-order valence-electron chi connectivity index (χ1n) is 12.1. The van der Waals surface area contributed by atoms with Crippen LogP contribution in [-0.4, -0.2) is 100.0 Å². The topological polar surface area (TPSA) is 188 Å². The first kappa shape index (κ1) is 29.7. The van der Waals surface area contributed by atoms with Crippen LogP contribution in [0.25, 0.3) is 0 Å². The molecule has 2 aromatic carbocycles. The highest BCUT2D eigenvalue weighted by atomic mass is 16.7. The van der Waals surface area contributed by atoms with Gasteiger partial charge in [-0.1, -0.05) is 6.07 Å². The first-order valence-corrected chi connectivity index (χ1v) is 12.1. The zero-order chi connectivity index (χ0) is 28.0. The fourth-order valence-corrected chi connectivity index (χ4v) is 4.13. The van der Waals surface area contributed by atoms with E-state index in [1.165, 1.54) is 38.5 Å². The molecule has 2 aromatic rings. The summed E-state index contributed by atoms with van der Waals surface area (Å²) in [5.41, 5.74) is 0.992. The van der Waals surface area contributed by atoms with E-state index in [2.05, 4.69) is 0 Å². The van der Waals surface area contributed by atoms with Crippen LogP contribution >= 0.6 is 0 Å². The van der Waals surface area contributed by atoms with Crippen LogP contribution in [0.5, 0.6) is 28.7 Å². The molecule has 1 saturated heterocycles. The Morgan fingerprint density at radius 3 is 2.29 bits per heavy atom. The lowest BCUT2D eigenvalue weighted by Gasteiger charge is -2.38. The summed E-state index contributed by atoms with van der Waals surface area (Å²) in [5.74, 6) is -0.145. The Kier molecular flexibility index (Phi) is 10.4. The van der Waals surface area contributed by atoms with Crippen molar-refractivity contribution in [3.8, 4) is 28.7 Å². The zero-order valence-corrected chi connectivity index (χ0v) is 21.4. The van der Waals surface area contributed by atoms with Gasteiger partial charge in [-0.3, -0.25) is 0 Å². The van der Waals surface area contributed by atoms with Crippen LogP contribution in [-0.2, 0) is 15.9 Å². The summed E-state index contributed by atoms with van der Waals surface area (Å²) < 4.78 is 27.1. The van der Waals surface area contributed by atoms with E-state index < -0.39 is 49.5 Å². The van der Waals surface area contributed by atoms with E-state index in [4.69, 9.17) is 23.7 Å². The van der Waals surface area contributed by atoms with Gasteiger partial charge in [0.15, 0.2) is 35.4 Å². The summed E-state index contributed by atoms with van der Waals surface area (Å²) in [7, 11) is 2.75. The molecule has 0 unspecified atom stereocenters. The normalized spacial score (nSPS) is 25.0. The largest absolute Gasteiger partial charge is 0.504 e. The summed E-state index contributed by atoms with van der Waals surface area (Å²) in [6, 6.07) is 7.30. The molecule has 0 spiro atoms.